The Morgan fingerprint density at radius 3 is 2.49 bits per heavy atom. The lowest BCUT2D eigenvalue weighted by Crippen LogP contribution is -2.76. The molecule has 0 bridgehead atoms. The van der Waals surface area contributed by atoms with Crippen molar-refractivity contribution in [3.63, 3.8) is 0 Å². The number of hydrogen-bond donors (Lipinski definition) is 2. The van der Waals surface area contributed by atoms with E-state index in [9.17, 15) is 24.3 Å². The second kappa shape index (κ2) is 14.2. The number of nitrogens with one attached hydrogen (secondary N) is 1. The summed E-state index contributed by atoms with van der Waals surface area (Å²) in [7, 11) is 3.34. The van der Waals surface area contributed by atoms with Crippen LogP contribution in [0.2, 0.25) is 0 Å². The molecule has 2 saturated heterocycles. The van der Waals surface area contributed by atoms with Crippen LogP contribution in [0, 0.1) is 0 Å². The maximum atomic E-state index is 14.4. The lowest BCUT2D eigenvalue weighted by molar-refractivity contribution is -0.189. The molecule has 2 aliphatic heterocycles. The van der Waals surface area contributed by atoms with Gasteiger partial charge in [-0.25, -0.2) is 19.5 Å². The van der Waals surface area contributed by atoms with Gasteiger partial charge >= 0.3 is 6.03 Å². The zero-order valence-electron chi connectivity index (χ0n) is 27.5. The van der Waals surface area contributed by atoms with Gasteiger partial charge in [0.05, 0.1) is 18.6 Å². The molecule has 5 amide bonds. The van der Waals surface area contributed by atoms with Gasteiger partial charge in [0.25, 0.3) is 0 Å². The van der Waals surface area contributed by atoms with Crippen molar-refractivity contribution in [2.24, 2.45) is 0 Å². The number of rotatable bonds is 10. The second-order valence-corrected chi connectivity index (χ2v) is 12.3. The smallest absolute Gasteiger partial charge is 0.334 e. The predicted molar refractivity (Wildman–Crippen MR) is 180 cm³/mol. The van der Waals surface area contributed by atoms with Gasteiger partial charge in [0.1, 0.15) is 30.0 Å². The molecule has 14 heteroatoms. The minimum atomic E-state index is -0.932. The molecule has 0 aliphatic carbocycles. The zero-order valence-corrected chi connectivity index (χ0v) is 27.5. The second-order valence-electron chi connectivity index (χ2n) is 12.3. The van der Waals surface area contributed by atoms with E-state index in [1.807, 2.05) is 48.5 Å². The number of carbonyl (C=O) groups is 4. The van der Waals surface area contributed by atoms with Gasteiger partial charge in [-0.2, -0.15) is 0 Å². The molecule has 3 heterocycles. The molecule has 2 fully saturated rings. The molecule has 4 aromatic rings. The lowest BCUT2D eigenvalue weighted by Gasteiger charge is -2.55. The first-order valence-electron chi connectivity index (χ1n) is 16.0. The summed E-state index contributed by atoms with van der Waals surface area (Å²) in [5, 5.41) is 24.6. The number of aromatic hydroxyl groups is 1. The Morgan fingerprint density at radius 2 is 1.78 bits per heavy atom. The molecule has 6 rings (SSSR count). The number of amides is 5. The van der Waals surface area contributed by atoms with Gasteiger partial charge in [-0.3, -0.25) is 14.4 Å². The van der Waals surface area contributed by atoms with Gasteiger partial charge in [-0.1, -0.05) is 65.9 Å². The molecule has 3 aromatic carbocycles. The third kappa shape index (κ3) is 6.94. The Morgan fingerprint density at radius 1 is 1.02 bits per heavy atom. The van der Waals surface area contributed by atoms with E-state index in [2.05, 4.69) is 22.2 Å². The highest BCUT2D eigenvalue weighted by molar-refractivity contribution is 5.92. The third-order valence-corrected chi connectivity index (χ3v) is 8.80. The summed E-state index contributed by atoms with van der Waals surface area (Å²) in [5.41, 5.74) is 3.55. The van der Waals surface area contributed by atoms with Crippen LogP contribution in [0.5, 0.6) is 5.75 Å². The maximum absolute atomic E-state index is 14.4. The average molecular weight is 666 g/mol. The van der Waals surface area contributed by atoms with Crippen molar-refractivity contribution in [3.05, 3.63) is 102 Å². The standard InChI is InChI=1S/C35H39N9O5/c1-4-17-41-22-32(47)43-29(18-24-13-15-27(45)16-14-24)34(48)40(21-30(43)44(41)35(49)36-19-25-9-6-5-7-10-25)20-26-11-8-12-28-33(26)37-38-42(28)23-31(46)39(2)3/h4-16,29-30,45H,1,17-23H2,2-3H3,(H,36,49)/t29-,30-/m0/s1. The summed E-state index contributed by atoms with van der Waals surface area (Å²) < 4.78 is 1.53. The Labute approximate surface area is 283 Å². The summed E-state index contributed by atoms with van der Waals surface area (Å²) >= 11 is 0. The average Bonchev–Trinajstić information content (AvgIpc) is 3.50. The van der Waals surface area contributed by atoms with Crippen molar-refractivity contribution in [2.75, 3.05) is 33.7 Å². The Hall–Kier alpha value is -5.76. The summed E-state index contributed by atoms with van der Waals surface area (Å²) in [6.45, 7) is 4.40. The molecule has 0 saturated carbocycles. The highest BCUT2D eigenvalue weighted by Gasteiger charge is 2.51. The van der Waals surface area contributed by atoms with Crippen molar-refractivity contribution in [2.45, 2.75) is 38.3 Å². The maximum Gasteiger partial charge on any atom is 0.334 e. The van der Waals surface area contributed by atoms with Crippen LogP contribution in [0.1, 0.15) is 16.7 Å². The number of fused-ring (bicyclic) bond motifs is 2. The molecule has 0 unspecified atom stereocenters. The lowest BCUT2D eigenvalue weighted by atomic mass is 9.98. The number of urea groups is 1. The van der Waals surface area contributed by atoms with Crippen LogP contribution in [-0.2, 0) is 40.4 Å². The summed E-state index contributed by atoms with van der Waals surface area (Å²) in [6.07, 6.45) is 0.973. The Kier molecular flexibility index (Phi) is 9.58. The first kappa shape index (κ1) is 33.2. The molecule has 49 heavy (non-hydrogen) atoms. The summed E-state index contributed by atoms with van der Waals surface area (Å²) in [5.74, 6) is -0.628. The predicted octanol–water partition coefficient (Wildman–Crippen LogP) is 1.96. The normalized spacial score (nSPS) is 18.0. The van der Waals surface area contributed by atoms with Crippen LogP contribution in [-0.4, -0.2) is 115 Å². The van der Waals surface area contributed by atoms with E-state index in [4.69, 9.17) is 0 Å². The van der Waals surface area contributed by atoms with Crippen molar-refractivity contribution in [3.8, 4) is 5.75 Å². The van der Waals surface area contributed by atoms with E-state index in [0.29, 0.717) is 16.6 Å². The van der Waals surface area contributed by atoms with E-state index in [1.165, 1.54) is 31.6 Å². The van der Waals surface area contributed by atoms with Gasteiger partial charge < -0.3 is 25.1 Å². The number of benzene rings is 3. The van der Waals surface area contributed by atoms with Crippen molar-refractivity contribution < 1.29 is 24.3 Å². The highest BCUT2D eigenvalue weighted by atomic mass is 16.3. The molecular weight excluding hydrogens is 626 g/mol. The fourth-order valence-corrected chi connectivity index (χ4v) is 6.32. The van der Waals surface area contributed by atoms with E-state index < -0.39 is 18.2 Å². The first-order valence-corrected chi connectivity index (χ1v) is 16.0. The van der Waals surface area contributed by atoms with Crippen LogP contribution >= 0.6 is 0 Å². The molecule has 1 aromatic heterocycles. The van der Waals surface area contributed by atoms with Crippen molar-refractivity contribution >= 4 is 34.8 Å². The minimum absolute atomic E-state index is 0.00956. The van der Waals surface area contributed by atoms with E-state index >= 15 is 0 Å². The molecule has 2 aliphatic rings. The summed E-state index contributed by atoms with van der Waals surface area (Å²) in [6, 6.07) is 20.2. The van der Waals surface area contributed by atoms with E-state index in [0.717, 1.165) is 11.1 Å². The fourth-order valence-electron chi connectivity index (χ4n) is 6.32. The summed E-state index contributed by atoms with van der Waals surface area (Å²) in [4.78, 5) is 59.4. The van der Waals surface area contributed by atoms with Crippen LogP contribution < -0.4 is 5.32 Å². The minimum Gasteiger partial charge on any atom is -0.508 e. The molecule has 0 radical (unpaired) electrons. The van der Waals surface area contributed by atoms with Gasteiger partial charge in [0.2, 0.25) is 17.7 Å². The Bertz CT molecular complexity index is 1860. The van der Waals surface area contributed by atoms with E-state index in [1.54, 1.807) is 42.2 Å². The largest absolute Gasteiger partial charge is 0.508 e. The number of piperazine rings is 1. The number of aromatic nitrogens is 3. The van der Waals surface area contributed by atoms with Gasteiger partial charge in [-0.05, 0) is 29.3 Å². The number of phenolic OH excluding ortho intramolecular Hbond substituents is 1. The highest BCUT2D eigenvalue weighted by Crippen LogP contribution is 2.30. The molecule has 2 atom stereocenters. The topological polar surface area (TPSA) is 147 Å². The SMILES string of the molecule is C=CCN1CC(=O)N2[C@@H](Cc3ccc(O)cc3)C(=O)N(Cc3cccc4c3nnn4CC(=O)N(C)C)C[C@@H]2N1C(=O)NCc1ccccc1. The molecule has 14 nitrogen and oxygen atoms in total. The van der Waals surface area contributed by atoms with Gasteiger partial charge in [0, 0.05) is 45.7 Å². The first-order chi connectivity index (χ1) is 23.6. The number of likely N-dealkylation sites (N-methyl/N-ethyl adjacent to an activating group) is 1. The van der Waals surface area contributed by atoms with Crippen LogP contribution in [0.15, 0.2) is 85.5 Å². The number of hydrazine groups is 1. The number of hydrogen-bond acceptors (Lipinski definition) is 8. The molecular formula is C35H39N9O5. The number of carbonyl (C=O) groups excluding carboxylic acids is 4. The van der Waals surface area contributed by atoms with Crippen molar-refractivity contribution in [1.82, 2.24) is 45.0 Å². The Balaban J connectivity index is 1.36. The zero-order chi connectivity index (χ0) is 34.7. The molecule has 254 valence electrons. The number of nitrogens with zero attached hydrogens (tertiary/aromatic N) is 8. The van der Waals surface area contributed by atoms with E-state index in [-0.39, 0.29) is 69.2 Å². The van der Waals surface area contributed by atoms with Crippen molar-refractivity contribution in [1.29, 1.82) is 0 Å². The van der Waals surface area contributed by atoms with Gasteiger partial charge in [0.15, 0.2) is 0 Å². The van der Waals surface area contributed by atoms with Crippen LogP contribution in [0.3, 0.4) is 0 Å². The van der Waals surface area contributed by atoms with Gasteiger partial charge in [-0.15, -0.1) is 11.7 Å². The quantitative estimate of drug-likeness (QED) is 0.245. The third-order valence-electron chi connectivity index (χ3n) is 8.80. The molecule has 0 spiro atoms. The monoisotopic (exact) mass is 665 g/mol. The number of phenols is 1. The van der Waals surface area contributed by atoms with Crippen LogP contribution in [0.4, 0.5) is 4.79 Å². The molecule has 2 N–H and O–H groups in total. The fraction of sp³-hybridized carbons (Fsp3) is 0.314. The van der Waals surface area contributed by atoms with Crippen LogP contribution in [0.25, 0.3) is 11.0 Å².